The molecule has 0 aliphatic rings. The van der Waals surface area contributed by atoms with Crippen LogP contribution in [0.1, 0.15) is 18.1 Å². The Morgan fingerprint density at radius 3 is 2.40 bits per heavy atom. The molecule has 30 heavy (non-hydrogen) atoms. The minimum atomic E-state index is -3.79. The second-order valence-corrected chi connectivity index (χ2v) is 8.39. The SMILES string of the molecule is COc1ccc(C)cc1N(CC(=O)N/N=C(/C)c1ccc([N+](=O)[O-])cc1)S(C)(=O)=O. The monoisotopic (exact) mass is 434 g/mol. The average Bonchev–Trinajstić information content (AvgIpc) is 2.69. The Hall–Kier alpha value is -3.47. The molecular weight excluding hydrogens is 412 g/mol. The van der Waals surface area contributed by atoms with Gasteiger partial charge in [0, 0.05) is 12.1 Å². The molecule has 0 bridgehead atoms. The van der Waals surface area contributed by atoms with E-state index in [0.717, 1.165) is 16.1 Å². The van der Waals surface area contributed by atoms with Crippen LogP contribution >= 0.6 is 0 Å². The van der Waals surface area contributed by atoms with Gasteiger partial charge in [0.2, 0.25) is 10.0 Å². The van der Waals surface area contributed by atoms with Crippen molar-refractivity contribution in [1.82, 2.24) is 5.43 Å². The molecule has 2 aromatic rings. The number of methoxy groups -OCH3 is 1. The number of benzene rings is 2. The largest absolute Gasteiger partial charge is 0.495 e. The van der Waals surface area contributed by atoms with Crippen molar-refractivity contribution in [3.05, 3.63) is 63.7 Å². The summed E-state index contributed by atoms with van der Waals surface area (Å²) in [6.45, 7) is 2.90. The molecule has 0 saturated carbocycles. The number of nitrogens with zero attached hydrogens (tertiary/aromatic N) is 3. The molecule has 2 aromatic carbocycles. The zero-order valence-electron chi connectivity index (χ0n) is 16.9. The number of hydrogen-bond donors (Lipinski definition) is 1. The number of rotatable bonds is 8. The minimum absolute atomic E-state index is 0.0634. The number of non-ortho nitro benzene ring substituents is 1. The molecule has 0 aromatic heterocycles. The summed E-state index contributed by atoms with van der Waals surface area (Å²) in [7, 11) is -2.38. The van der Waals surface area contributed by atoms with Gasteiger partial charge >= 0.3 is 0 Å². The number of carbonyl (C=O) groups excluding carboxylic acids is 1. The molecule has 1 amide bonds. The highest BCUT2D eigenvalue weighted by molar-refractivity contribution is 7.92. The number of anilines is 1. The fourth-order valence-electron chi connectivity index (χ4n) is 2.58. The van der Waals surface area contributed by atoms with E-state index in [1.807, 2.05) is 0 Å². The molecule has 0 aliphatic heterocycles. The fraction of sp³-hybridized carbons (Fsp3) is 0.263. The summed E-state index contributed by atoms with van der Waals surface area (Å²) in [5.41, 5.74) is 4.26. The van der Waals surface area contributed by atoms with Crippen LogP contribution in [0.3, 0.4) is 0 Å². The lowest BCUT2D eigenvalue weighted by Crippen LogP contribution is -2.39. The quantitative estimate of drug-likeness (QED) is 0.385. The van der Waals surface area contributed by atoms with E-state index in [9.17, 15) is 23.3 Å². The summed E-state index contributed by atoms with van der Waals surface area (Å²) in [5, 5.41) is 14.7. The number of hydrogen-bond acceptors (Lipinski definition) is 7. The van der Waals surface area contributed by atoms with Gasteiger partial charge in [-0.15, -0.1) is 0 Å². The van der Waals surface area contributed by atoms with Crippen LogP contribution in [0.2, 0.25) is 0 Å². The molecule has 11 heteroatoms. The average molecular weight is 434 g/mol. The third kappa shape index (κ3) is 5.77. The van der Waals surface area contributed by atoms with Crippen LogP contribution in [0.15, 0.2) is 47.6 Å². The van der Waals surface area contributed by atoms with Gasteiger partial charge < -0.3 is 4.74 Å². The predicted molar refractivity (Wildman–Crippen MR) is 113 cm³/mol. The van der Waals surface area contributed by atoms with Crippen molar-refractivity contribution in [1.29, 1.82) is 0 Å². The molecular formula is C19H22N4O6S. The molecule has 0 unspecified atom stereocenters. The molecule has 0 aliphatic carbocycles. The number of nitro groups is 1. The van der Waals surface area contributed by atoms with Gasteiger partial charge in [-0.1, -0.05) is 6.07 Å². The van der Waals surface area contributed by atoms with E-state index in [-0.39, 0.29) is 11.4 Å². The Kier molecular flexibility index (Phi) is 7.11. The lowest BCUT2D eigenvalue weighted by molar-refractivity contribution is -0.384. The van der Waals surface area contributed by atoms with Crippen molar-refractivity contribution in [3.63, 3.8) is 0 Å². The standard InChI is InChI=1S/C19H22N4O6S/c1-13-5-10-18(29-3)17(11-13)22(30(4,27)28)12-19(24)21-20-14(2)15-6-8-16(9-7-15)23(25)26/h5-11H,12H2,1-4H3,(H,21,24)/b20-14-. The summed E-state index contributed by atoms with van der Waals surface area (Å²) < 4.78 is 30.7. The van der Waals surface area contributed by atoms with Crippen molar-refractivity contribution in [2.75, 3.05) is 24.2 Å². The maximum Gasteiger partial charge on any atom is 0.269 e. The number of nitro benzene ring substituents is 1. The number of nitrogens with one attached hydrogen (secondary N) is 1. The number of carbonyl (C=O) groups is 1. The second kappa shape index (κ2) is 9.35. The van der Waals surface area contributed by atoms with E-state index in [2.05, 4.69) is 10.5 Å². The minimum Gasteiger partial charge on any atom is -0.495 e. The third-order valence-corrected chi connectivity index (χ3v) is 5.26. The highest BCUT2D eigenvalue weighted by Gasteiger charge is 2.24. The fourth-order valence-corrected chi connectivity index (χ4v) is 3.43. The van der Waals surface area contributed by atoms with Gasteiger partial charge in [-0.25, -0.2) is 13.8 Å². The summed E-state index contributed by atoms with van der Waals surface area (Å²) >= 11 is 0. The topological polar surface area (TPSA) is 131 Å². The Balaban J connectivity index is 2.20. The Bertz CT molecular complexity index is 1080. The first-order chi connectivity index (χ1) is 14.0. The van der Waals surface area contributed by atoms with Crippen molar-refractivity contribution in [2.45, 2.75) is 13.8 Å². The van der Waals surface area contributed by atoms with Crippen LogP contribution in [-0.2, 0) is 14.8 Å². The summed E-state index contributed by atoms with van der Waals surface area (Å²) in [5.74, 6) is -0.352. The molecule has 0 atom stereocenters. The summed E-state index contributed by atoms with van der Waals surface area (Å²) in [6.07, 6.45) is 0.993. The number of hydrazone groups is 1. The smallest absolute Gasteiger partial charge is 0.269 e. The molecule has 1 N–H and O–H groups in total. The van der Waals surface area contributed by atoms with Gasteiger partial charge in [-0.2, -0.15) is 5.10 Å². The first-order valence-electron chi connectivity index (χ1n) is 8.73. The molecule has 0 radical (unpaired) electrons. The Labute approximate surface area is 174 Å². The first kappa shape index (κ1) is 22.8. The van der Waals surface area contributed by atoms with E-state index >= 15 is 0 Å². The van der Waals surface area contributed by atoms with Gasteiger partial charge in [0.25, 0.3) is 11.6 Å². The second-order valence-electron chi connectivity index (χ2n) is 6.48. The highest BCUT2D eigenvalue weighted by atomic mass is 32.2. The Morgan fingerprint density at radius 1 is 1.23 bits per heavy atom. The van der Waals surface area contributed by atoms with Crippen molar-refractivity contribution in [3.8, 4) is 5.75 Å². The normalized spacial score (nSPS) is 11.7. The Morgan fingerprint density at radius 2 is 1.87 bits per heavy atom. The van der Waals surface area contributed by atoms with E-state index < -0.39 is 27.4 Å². The van der Waals surface area contributed by atoms with Crippen molar-refractivity contribution < 1.29 is 22.9 Å². The van der Waals surface area contributed by atoms with Gasteiger partial charge in [0.05, 0.1) is 29.7 Å². The zero-order valence-corrected chi connectivity index (χ0v) is 17.8. The maximum absolute atomic E-state index is 12.4. The molecule has 2 rings (SSSR count). The van der Waals surface area contributed by atoms with Gasteiger partial charge in [0.1, 0.15) is 12.3 Å². The number of sulfonamides is 1. The van der Waals surface area contributed by atoms with Crippen LogP contribution < -0.4 is 14.5 Å². The van der Waals surface area contributed by atoms with Crippen LogP contribution in [0.25, 0.3) is 0 Å². The van der Waals surface area contributed by atoms with Crippen molar-refractivity contribution in [2.24, 2.45) is 5.10 Å². The van der Waals surface area contributed by atoms with E-state index in [0.29, 0.717) is 17.0 Å². The molecule has 0 saturated heterocycles. The predicted octanol–water partition coefficient (Wildman–Crippen LogP) is 2.22. The summed E-state index contributed by atoms with van der Waals surface area (Å²) in [6, 6.07) is 10.7. The first-order valence-corrected chi connectivity index (χ1v) is 10.6. The molecule has 160 valence electrons. The molecule has 0 heterocycles. The molecule has 10 nitrogen and oxygen atoms in total. The van der Waals surface area contributed by atoms with Crippen LogP contribution in [0.5, 0.6) is 5.75 Å². The number of amides is 1. The van der Waals surface area contributed by atoms with Gasteiger partial charge in [0.15, 0.2) is 0 Å². The number of aryl methyl sites for hydroxylation is 1. The van der Waals surface area contributed by atoms with Crippen molar-refractivity contribution >= 4 is 33.0 Å². The van der Waals surface area contributed by atoms with Crippen LogP contribution in [0, 0.1) is 17.0 Å². The van der Waals surface area contributed by atoms with Gasteiger partial charge in [-0.3, -0.25) is 19.2 Å². The zero-order chi connectivity index (χ0) is 22.5. The number of ether oxygens (including phenoxy) is 1. The highest BCUT2D eigenvalue weighted by Crippen LogP contribution is 2.30. The van der Waals surface area contributed by atoms with E-state index in [1.54, 1.807) is 32.0 Å². The van der Waals surface area contributed by atoms with Gasteiger partial charge in [-0.05, 0) is 49.2 Å². The molecule has 0 spiro atoms. The lowest BCUT2D eigenvalue weighted by Gasteiger charge is -2.23. The van der Waals surface area contributed by atoms with E-state index in [4.69, 9.17) is 4.74 Å². The lowest BCUT2D eigenvalue weighted by atomic mass is 10.1. The van der Waals surface area contributed by atoms with E-state index in [1.165, 1.54) is 31.4 Å². The molecule has 0 fully saturated rings. The summed E-state index contributed by atoms with van der Waals surface area (Å²) in [4.78, 5) is 22.6. The van der Waals surface area contributed by atoms with Crippen LogP contribution in [-0.4, -0.2) is 44.9 Å². The third-order valence-electron chi connectivity index (χ3n) is 4.13. The van der Waals surface area contributed by atoms with Crippen LogP contribution in [0.4, 0.5) is 11.4 Å². The maximum atomic E-state index is 12.4.